The van der Waals surface area contributed by atoms with Gasteiger partial charge in [0.15, 0.2) is 5.78 Å². The van der Waals surface area contributed by atoms with Crippen LogP contribution in [0.1, 0.15) is 78.1 Å². The van der Waals surface area contributed by atoms with Gasteiger partial charge in [0, 0.05) is 18.3 Å². The van der Waals surface area contributed by atoms with Gasteiger partial charge in [-0.1, -0.05) is 19.4 Å². The van der Waals surface area contributed by atoms with E-state index in [2.05, 4.69) is 19.9 Å². The topological polar surface area (TPSA) is 43.4 Å². The summed E-state index contributed by atoms with van der Waals surface area (Å²) in [6.45, 7) is 4.84. The molecule has 0 aromatic carbocycles. The fourth-order valence-electron chi connectivity index (χ4n) is 9.23. The predicted octanol–water partition coefficient (Wildman–Crippen LogP) is 4.84. The number of rotatable bonds is 1. The van der Waals surface area contributed by atoms with Gasteiger partial charge in [-0.2, -0.15) is 0 Å². The minimum atomic E-state index is -0.154. The van der Waals surface area contributed by atoms with Crippen LogP contribution in [0.5, 0.6) is 0 Å². The van der Waals surface area contributed by atoms with Gasteiger partial charge in [0.2, 0.25) is 0 Å². The monoisotopic (exact) mass is 368 g/mol. The Bertz CT molecular complexity index is 768. The van der Waals surface area contributed by atoms with Crippen molar-refractivity contribution in [3.8, 4) is 0 Å². The number of ether oxygens (including phenoxy) is 1. The van der Waals surface area contributed by atoms with Crippen LogP contribution in [-0.2, 0) is 14.3 Å². The van der Waals surface area contributed by atoms with Crippen LogP contribution >= 0.6 is 0 Å². The normalized spacial score (nSPS) is 55.3. The van der Waals surface area contributed by atoms with Gasteiger partial charge in [-0.05, 0) is 92.4 Å². The molecule has 0 aromatic rings. The van der Waals surface area contributed by atoms with Crippen LogP contribution in [0.25, 0.3) is 0 Å². The van der Waals surface area contributed by atoms with E-state index in [4.69, 9.17) is 4.74 Å². The molecule has 0 aromatic heterocycles. The number of allylic oxidation sites excluding steroid dienone is 1. The second-order valence-electron chi connectivity index (χ2n) is 10.8. The fraction of sp³-hybridized carbons (Fsp3) is 0.833. The van der Waals surface area contributed by atoms with Gasteiger partial charge in [-0.15, -0.1) is 0 Å². The lowest BCUT2D eigenvalue weighted by Gasteiger charge is -2.59. The number of carbonyl (C=O) groups excluding carboxylic acids is 2. The molecule has 5 fully saturated rings. The molecule has 0 amide bonds. The summed E-state index contributed by atoms with van der Waals surface area (Å²) in [7, 11) is 0. The molecule has 3 unspecified atom stereocenters. The maximum Gasteiger partial charge on any atom is 0.306 e. The molecule has 1 spiro atoms. The Morgan fingerprint density at radius 2 is 1.89 bits per heavy atom. The number of esters is 1. The molecule has 27 heavy (non-hydrogen) atoms. The third kappa shape index (κ3) is 1.85. The Morgan fingerprint density at radius 3 is 2.63 bits per heavy atom. The van der Waals surface area contributed by atoms with E-state index in [1.807, 2.05) is 0 Å². The third-order valence-corrected chi connectivity index (χ3v) is 10.4. The molecule has 3 nitrogen and oxygen atoms in total. The first-order valence-electron chi connectivity index (χ1n) is 11.4. The minimum absolute atomic E-state index is 0.0431. The highest BCUT2D eigenvalue weighted by atomic mass is 16.6. The van der Waals surface area contributed by atoms with Crippen molar-refractivity contribution in [1.29, 1.82) is 0 Å². The Labute approximate surface area is 162 Å². The summed E-state index contributed by atoms with van der Waals surface area (Å²) in [6.07, 6.45) is 12.7. The first-order chi connectivity index (χ1) is 12.9. The quantitative estimate of drug-likeness (QED) is 0.622. The Morgan fingerprint density at radius 1 is 1.07 bits per heavy atom. The van der Waals surface area contributed by atoms with Crippen molar-refractivity contribution in [2.75, 3.05) is 0 Å². The van der Waals surface area contributed by atoms with Crippen LogP contribution in [0.3, 0.4) is 0 Å². The number of fused-ring (bicyclic) bond motifs is 9. The van der Waals surface area contributed by atoms with Gasteiger partial charge < -0.3 is 4.74 Å². The second kappa shape index (κ2) is 5.07. The largest absolute Gasteiger partial charge is 0.458 e. The summed E-state index contributed by atoms with van der Waals surface area (Å²) in [5, 5.41) is 0. The Hall–Kier alpha value is -1.12. The lowest BCUT2D eigenvalue weighted by molar-refractivity contribution is -0.173. The number of hydrogen-bond donors (Lipinski definition) is 0. The molecule has 3 heteroatoms. The second-order valence-corrected chi connectivity index (χ2v) is 10.8. The average molecular weight is 369 g/mol. The maximum absolute atomic E-state index is 12.1. The van der Waals surface area contributed by atoms with E-state index in [-0.39, 0.29) is 22.4 Å². The molecule has 5 aliphatic carbocycles. The molecule has 146 valence electrons. The van der Waals surface area contributed by atoms with E-state index < -0.39 is 0 Å². The van der Waals surface area contributed by atoms with E-state index in [1.54, 1.807) is 0 Å². The van der Waals surface area contributed by atoms with Crippen molar-refractivity contribution in [2.45, 2.75) is 83.7 Å². The number of ketones is 1. The standard InChI is InChI=1S/C24H32O3/c1-3-23-9-5-17-21(18(23)6-10-24(23)11-7-20(26)27-24)16-13-15(16)19-12-14(25)4-8-22(17,19)2/h12,15-18,21H,3-11,13H2,1-2H3/t15-,16+,17?,18?,21-,22-,23+,24?/m1/s1. The van der Waals surface area contributed by atoms with Crippen LogP contribution in [0.15, 0.2) is 11.6 Å². The summed E-state index contributed by atoms with van der Waals surface area (Å²) < 4.78 is 6.15. The molecule has 1 heterocycles. The summed E-state index contributed by atoms with van der Waals surface area (Å²) in [6, 6.07) is 0. The molecule has 0 radical (unpaired) electrons. The van der Waals surface area contributed by atoms with Gasteiger partial charge in [-0.25, -0.2) is 0 Å². The van der Waals surface area contributed by atoms with Crippen molar-refractivity contribution in [3.63, 3.8) is 0 Å². The molecule has 6 aliphatic rings. The van der Waals surface area contributed by atoms with E-state index in [9.17, 15) is 9.59 Å². The molecular formula is C24H32O3. The van der Waals surface area contributed by atoms with Crippen LogP contribution < -0.4 is 0 Å². The fourth-order valence-corrected chi connectivity index (χ4v) is 9.23. The lowest BCUT2D eigenvalue weighted by Crippen LogP contribution is -2.56. The van der Waals surface area contributed by atoms with Crippen molar-refractivity contribution in [3.05, 3.63) is 11.6 Å². The van der Waals surface area contributed by atoms with E-state index in [1.165, 1.54) is 31.3 Å². The minimum Gasteiger partial charge on any atom is -0.458 e. The molecular weight excluding hydrogens is 336 g/mol. The van der Waals surface area contributed by atoms with Gasteiger partial charge >= 0.3 is 5.97 Å². The molecule has 1 saturated heterocycles. The third-order valence-electron chi connectivity index (χ3n) is 10.4. The van der Waals surface area contributed by atoms with Gasteiger partial charge in [0.25, 0.3) is 0 Å². The summed E-state index contributed by atoms with van der Waals surface area (Å²) >= 11 is 0. The van der Waals surface area contributed by atoms with Gasteiger partial charge in [0.1, 0.15) is 5.60 Å². The summed E-state index contributed by atoms with van der Waals surface area (Å²) in [5.41, 5.74) is 1.83. The predicted molar refractivity (Wildman–Crippen MR) is 102 cm³/mol. The number of hydrogen-bond acceptors (Lipinski definition) is 3. The van der Waals surface area contributed by atoms with Crippen LogP contribution in [0.2, 0.25) is 0 Å². The maximum atomic E-state index is 12.1. The van der Waals surface area contributed by atoms with Gasteiger partial charge in [0.05, 0.1) is 0 Å². The van der Waals surface area contributed by atoms with Crippen molar-refractivity contribution in [2.24, 2.45) is 40.4 Å². The highest BCUT2D eigenvalue weighted by molar-refractivity contribution is 5.92. The first-order valence-corrected chi connectivity index (χ1v) is 11.4. The molecule has 0 bridgehead atoms. The van der Waals surface area contributed by atoms with Crippen molar-refractivity contribution < 1.29 is 14.3 Å². The molecule has 4 saturated carbocycles. The van der Waals surface area contributed by atoms with Crippen LogP contribution in [0.4, 0.5) is 0 Å². The van der Waals surface area contributed by atoms with Crippen molar-refractivity contribution in [1.82, 2.24) is 0 Å². The first kappa shape index (κ1) is 16.8. The zero-order valence-electron chi connectivity index (χ0n) is 16.8. The Kier molecular flexibility index (Phi) is 3.16. The van der Waals surface area contributed by atoms with E-state index >= 15 is 0 Å². The van der Waals surface area contributed by atoms with E-state index in [0.717, 1.165) is 55.8 Å². The molecule has 0 N–H and O–H groups in total. The average Bonchev–Trinajstić information content (AvgIpc) is 3.27. The highest BCUT2D eigenvalue weighted by Crippen LogP contribution is 2.76. The summed E-state index contributed by atoms with van der Waals surface area (Å²) in [5.74, 6) is 4.12. The summed E-state index contributed by atoms with van der Waals surface area (Å²) in [4.78, 5) is 24.2. The number of carbonyl (C=O) groups is 2. The van der Waals surface area contributed by atoms with Crippen molar-refractivity contribution >= 4 is 11.8 Å². The van der Waals surface area contributed by atoms with Crippen LogP contribution in [0, 0.1) is 40.4 Å². The molecule has 8 atom stereocenters. The zero-order chi connectivity index (χ0) is 18.6. The smallest absolute Gasteiger partial charge is 0.306 e. The van der Waals surface area contributed by atoms with Gasteiger partial charge in [-0.3, -0.25) is 9.59 Å². The van der Waals surface area contributed by atoms with Crippen LogP contribution in [-0.4, -0.2) is 17.4 Å². The SMILES string of the molecule is CC[C@]12CCC3[C@H](C1CCC21CCC(=O)O1)[C@H]1C[C@H]1C1=CC(=O)CC[C@@]13C. The van der Waals surface area contributed by atoms with E-state index in [0.29, 0.717) is 18.1 Å². The molecule has 6 rings (SSSR count). The Balaban J connectivity index is 1.42. The lowest BCUT2D eigenvalue weighted by atomic mass is 9.45. The zero-order valence-corrected chi connectivity index (χ0v) is 16.8. The highest BCUT2D eigenvalue weighted by Gasteiger charge is 2.72. The molecule has 1 aliphatic heterocycles.